The lowest BCUT2D eigenvalue weighted by molar-refractivity contribution is 0.658. The van der Waals surface area contributed by atoms with E-state index >= 15 is 0 Å². The highest BCUT2D eigenvalue weighted by Gasteiger charge is 1.94. The van der Waals surface area contributed by atoms with Crippen LogP contribution in [-0.4, -0.2) is 16.3 Å². The van der Waals surface area contributed by atoms with Crippen LogP contribution >= 0.6 is 0 Å². The fourth-order valence-electron chi connectivity index (χ4n) is 0.925. The summed E-state index contributed by atoms with van der Waals surface area (Å²) in [5, 5.41) is 4.14. The molecule has 1 heterocycles. The van der Waals surface area contributed by atoms with Crippen molar-refractivity contribution in [1.29, 1.82) is 0 Å². The number of rotatable bonds is 4. The van der Waals surface area contributed by atoms with E-state index in [0.717, 1.165) is 19.5 Å². The minimum atomic E-state index is 0.801. The summed E-state index contributed by atoms with van der Waals surface area (Å²) in [5.74, 6) is 5.14. The van der Waals surface area contributed by atoms with Crippen molar-refractivity contribution < 1.29 is 0 Å². The highest BCUT2D eigenvalue weighted by Crippen LogP contribution is 1.97. The highest BCUT2D eigenvalue weighted by molar-refractivity contribution is 5.03. The average molecular weight is 154 g/mol. The van der Waals surface area contributed by atoms with Crippen molar-refractivity contribution in [2.45, 2.75) is 19.9 Å². The third-order valence-corrected chi connectivity index (χ3v) is 1.57. The number of hydrogen-bond acceptors (Lipinski definition) is 3. The molecule has 0 radical (unpaired) electrons. The van der Waals surface area contributed by atoms with Gasteiger partial charge in [0.2, 0.25) is 0 Å². The minimum Gasteiger partial charge on any atom is -0.273 e. The van der Waals surface area contributed by atoms with E-state index in [1.165, 1.54) is 5.56 Å². The second-order valence-corrected chi connectivity index (χ2v) is 2.41. The number of aromatic nitrogens is 2. The summed E-state index contributed by atoms with van der Waals surface area (Å²) >= 11 is 0. The van der Waals surface area contributed by atoms with Gasteiger partial charge in [0.05, 0.1) is 6.20 Å². The lowest BCUT2D eigenvalue weighted by Gasteiger charge is -1.94. The SMILES string of the molecule is CCn1cc(CCNN)cn1. The van der Waals surface area contributed by atoms with E-state index in [2.05, 4.69) is 17.4 Å². The van der Waals surface area contributed by atoms with Crippen LogP contribution in [0.5, 0.6) is 0 Å². The van der Waals surface area contributed by atoms with Crippen molar-refractivity contribution in [2.75, 3.05) is 6.54 Å². The monoisotopic (exact) mass is 154 g/mol. The van der Waals surface area contributed by atoms with E-state index in [1.807, 2.05) is 17.1 Å². The minimum absolute atomic E-state index is 0.801. The Labute approximate surface area is 66.4 Å². The number of nitrogens with two attached hydrogens (primary N) is 1. The molecule has 3 N–H and O–H groups in total. The summed E-state index contributed by atoms with van der Waals surface area (Å²) in [7, 11) is 0. The molecule has 0 bridgehead atoms. The summed E-state index contributed by atoms with van der Waals surface area (Å²) < 4.78 is 1.91. The third kappa shape index (κ3) is 2.32. The van der Waals surface area contributed by atoms with Gasteiger partial charge < -0.3 is 0 Å². The Balaban J connectivity index is 2.44. The molecule has 0 aliphatic rings. The number of aryl methyl sites for hydroxylation is 1. The maximum Gasteiger partial charge on any atom is 0.0522 e. The Kier molecular flexibility index (Phi) is 3.07. The van der Waals surface area contributed by atoms with Crippen LogP contribution in [0, 0.1) is 0 Å². The zero-order valence-electron chi connectivity index (χ0n) is 6.75. The fourth-order valence-corrected chi connectivity index (χ4v) is 0.925. The summed E-state index contributed by atoms with van der Waals surface area (Å²) in [5.41, 5.74) is 3.83. The van der Waals surface area contributed by atoms with Crippen LogP contribution in [0.25, 0.3) is 0 Å². The molecule has 0 atom stereocenters. The Morgan fingerprint density at radius 1 is 1.73 bits per heavy atom. The molecule has 0 spiro atoms. The van der Waals surface area contributed by atoms with Gasteiger partial charge in [-0.15, -0.1) is 0 Å². The molecule has 4 nitrogen and oxygen atoms in total. The van der Waals surface area contributed by atoms with E-state index in [1.54, 1.807) is 0 Å². The molecule has 11 heavy (non-hydrogen) atoms. The van der Waals surface area contributed by atoms with Crippen LogP contribution < -0.4 is 11.3 Å². The molecule has 0 aliphatic heterocycles. The van der Waals surface area contributed by atoms with Gasteiger partial charge in [-0.2, -0.15) is 5.10 Å². The van der Waals surface area contributed by atoms with Gasteiger partial charge in [-0.3, -0.25) is 16.0 Å². The van der Waals surface area contributed by atoms with E-state index in [9.17, 15) is 0 Å². The van der Waals surface area contributed by atoms with E-state index < -0.39 is 0 Å². The summed E-state index contributed by atoms with van der Waals surface area (Å²) in [6, 6.07) is 0. The van der Waals surface area contributed by atoms with Gasteiger partial charge in [-0.05, 0) is 18.9 Å². The molecular weight excluding hydrogens is 140 g/mol. The van der Waals surface area contributed by atoms with E-state index in [4.69, 9.17) is 5.84 Å². The maximum absolute atomic E-state index is 5.14. The molecule has 0 aliphatic carbocycles. The standard InChI is InChI=1S/C7H14N4/c1-2-11-6-7(5-10-11)3-4-9-8/h5-6,9H,2-4,8H2,1H3. The molecular formula is C7H14N4. The predicted molar refractivity (Wildman–Crippen MR) is 43.8 cm³/mol. The third-order valence-electron chi connectivity index (χ3n) is 1.57. The largest absolute Gasteiger partial charge is 0.273 e. The van der Waals surface area contributed by atoms with Crippen molar-refractivity contribution in [3.8, 4) is 0 Å². The summed E-state index contributed by atoms with van der Waals surface area (Å²) in [6.45, 7) is 3.80. The first-order chi connectivity index (χ1) is 5.36. The first kappa shape index (κ1) is 8.23. The normalized spacial score (nSPS) is 10.4. The second kappa shape index (κ2) is 4.10. The smallest absolute Gasteiger partial charge is 0.0522 e. The Morgan fingerprint density at radius 3 is 3.09 bits per heavy atom. The van der Waals surface area contributed by atoms with Crippen LogP contribution in [0.4, 0.5) is 0 Å². The molecule has 4 heteroatoms. The van der Waals surface area contributed by atoms with Gasteiger partial charge in [-0.25, -0.2) is 0 Å². The first-order valence-corrected chi connectivity index (χ1v) is 3.81. The van der Waals surface area contributed by atoms with Crippen molar-refractivity contribution >= 4 is 0 Å². The lowest BCUT2D eigenvalue weighted by atomic mass is 10.3. The number of hydrogen-bond donors (Lipinski definition) is 2. The average Bonchev–Trinajstić information content (AvgIpc) is 2.48. The number of nitrogens with one attached hydrogen (secondary N) is 1. The fraction of sp³-hybridized carbons (Fsp3) is 0.571. The predicted octanol–water partition coefficient (Wildman–Crippen LogP) is -0.0912. The van der Waals surface area contributed by atoms with Crippen molar-refractivity contribution in [2.24, 2.45) is 5.84 Å². The molecule has 1 aromatic rings. The zero-order valence-corrected chi connectivity index (χ0v) is 6.75. The van der Waals surface area contributed by atoms with Crippen LogP contribution in [0.1, 0.15) is 12.5 Å². The first-order valence-electron chi connectivity index (χ1n) is 3.81. The number of nitrogens with zero attached hydrogens (tertiary/aromatic N) is 2. The quantitative estimate of drug-likeness (QED) is 0.470. The molecule has 0 amide bonds. The number of hydrazine groups is 1. The molecule has 1 rings (SSSR count). The van der Waals surface area contributed by atoms with Gasteiger partial charge in [-0.1, -0.05) is 0 Å². The molecule has 0 saturated heterocycles. The van der Waals surface area contributed by atoms with Crippen LogP contribution in [-0.2, 0) is 13.0 Å². The Bertz CT molecular complexity index is 206. The Hall–Kier alpha value is -0.870. The van der Waals surface area contributed by atoms with E-state index in [-0.39, 0.29) is 0 Å². The summed E-state index contributed by atoms with van der Waals surface area (Å²) in [6.07, 6.45) is 4.86. The topological polar surface area (TPSA) is 55.9 Å². The van der Waals surface area contributed by atoms with Gasteiger partial charge in [0, 0.05) is 19.3 Å². The van der Waals surface area contributed by atoms with E-state index in [0.29, 0.717) is 0 Å². The van der Waals surface area contributed by atoms with Gasteiger partial charge in [0.25, 0.3) is 0 Å². The summed E-state index contributed by atoms with van der Waals surface area (Å²) in [4.78, 5) is 0. The molecule has 1 aromatic heterocycles. The molecule has 0 aromatic carbocycles. The van der Waals surface area contributed by atoms with Crippen molar-refractivity contribution in [3.63, 3.8) is 0 Å². The second-order valence-electron chi connectivity index (χ2n) is 2.41. The zero-order chi connectivity index (χ0) is 8.10. The molecule has 0 unspecified atom stereocenters. The highest BCUT2D eigenvalue weighted by atomic mass is 15.3. The van der Waals surface area contributed by atoms with Crippen molar-refractivity contribution in [1.82, 2.24) is 15.2 Å². The van der Waals surface area contributed by atoms with Gasteiger partial charge in [0.1, 0.15) is 0 Å². The molecule has 62 valence electrons. The van der Waals surface area contributed by atoms with Gasteiger partial charge in [0.15, 0.2) is 0 Å². The lowest BCUT2D eigenvalue weighted by Crippen LogP contribution is -2.24. The molecule has 0 fully saturated rings. The Morgan fingerprint density at radius 2 is 2.55 bits per heavy atom. The van der Waals surface area contributed by atoms with Crippen LogP contribution in [0.3, 0.4) is 0 Å². The van der Waals surface area contributed by atoms with Gasteiger partial charge >= 0.3 is 0 Å². The van der Waals surface area contributed by atoms with Crippen LogP contribution in [0.15, 0.2) is 12.4 Å². The van der Waals surface area contributed by atoms with Crippen LogP contribution in [0.2, 0.25) is 0 Å². The molecule has 0 saturated carbocycles. The maximum atomic E-state index is 5.14. The van der Waals surface area contributed by atoms with Crippen molar-refractivity contribution in [3.05, 3.63) is 18.0 Å².